The molecule has 0 saturated carbocycles. The lowest BCUT2D eigenvalue weighted by molar-refractivity contribution is -0.167. The Kier molecular flexibility index (Phi) is 49.1. The number of ether oxygens (including phenoxy) is 3. The molecule has 0 bridgehead atoms. The lowest BCUT2D eigenvalue weighted by Crippen LogP contribution is -2.30. The Bertz CT molecular complexity index is 1400. The van der Waals surface area contributed by atoms with Crippen LogP contribution in [0.25, 0.3) is 0 Å². The molecule has 0 aliphatic carbocycles. The maximum absolute atomic E-state index is 12.8. The van der Waals surface area contributed by atoms with Crippen molar-refractivity contribution in [1.82, 2.24) is 0 Å². The topological polar surface area (TPSA) is 78.9 Å². The molecule has 6 nitrogen and oxygen atoms in total. The maximum atomic E-state index is 12.8. The van der Waals surface area contributed by atoms with Gasteiger partial charge in [-0.25, -0.2) is 0 Å². The van der Waals surface area contributed by atoms with Gasteiger partial charge in [-0.2, -0.15) is 0 Å². The summed E-state index contributed by atoms with van der Waals surface area (Å²) in [5.41, 5.74) is 0. The summed E-state index contributed by atoms with van der Waals surface area (Å²) in [6.07, 6.45) is 71.8. The molecule has 6 heteroatoms. The van der Waals surface area contributed by atoms with Crippen LogP contribution in [0.5, 0.6) is 0 Å². The number of carbonyl (C=O) groups excluding carboxylic acids is 3. The minimum atomic E-state index is -0.814. The summed E-state index contributed by atoms with van der Waals surface area (Å²) in [4.78, 5) is 38.0. The molecule has 0 aromatic carbocycles. The Labute approximate surface area is 399 Å². The Hall–Kier alpha value is -4.19. The second-order valence-electron chi connectivity index (χ2n) is 16.9. The summed E-state index contributed by atoms with van der Waals surface area (Å²) in [5, 5.41) is 0. The van der Waals surface area contributed by atoms with E-state index in [1.165, 1.54) is 89.9 Å². The average Bonchev–Trinajstić information content (AvgIpc) is 3.30. The molecular weight excluding hydrogens is 805 g/mol. The summed E-state index contributed by atoms with van der Waals surface area (Å²) in [6.45, 7) is 6.27. The quantitative estimate of drug-likeness (QED) is 0.0262. The first-order valence-electron chi connectivity index (χ1n) is 26.2. The van der Waals surface area contributed by atoms with Crippen LogP contribution in [0.4, 0.5) is 0 Å². The molecule has 65 heavy (non-hydrogen) atoms. The second kappa shape index (κ2) is 52.4. The van der Waals surface area contributed by atoms with Crippen LogP contribution in [0.2, 0.25) is 0 Å². The highest BCUT2D eigenvalue weighted by molar-refractivity contribution is 5.71. The van der Waals surface area contributed by atoms with E-state index in [0.717, 1.165) is 83.5 Å². The smallest absolute Gasteiger partial charge is 0.306 e. The van der Waals surface area contributed by atoms with Gasteiger partial charge in [0.15, 0.2) is 6.10 Å². The van der Waals surface area contributed by atoms with E-state index in [4.69, 9.17) is 14.2 Å². The molecule has 0 aliphatic heterocycles. The zero-order chi connectivity index (χ0) is 47.2. The first kappa shape index (κ1) is 60.8. The Morgan fingerprint density at radius 2 is 0.600 bits per heavy atom. The number of carbonyl (C=O) groups is 3. The van der Waals surface area contributed by atoms with Gasteiger partial charge in [-0.15, -0.1) is 0 Å². The molecule has 0 aromatic heterocycles. The van der Waals surface area contributed by atoms with Crippen LogP contribution in [0, 0.1) is 0 Å². The summed E-state index contributed by atoms with van der Waals surface area (Å²) in [6, 6.07) is 0. The molecule has 1 unspecified atom stereocenters. The van der Waals surface area contributed by atoms with Crippen molar-refractivity contribution in [3.63, 3.8) is 0 Å². The highest BCUT2D eigenvalue weighted by Gasteiger charge is 2.19. The average molecular weight is 899 g/mol. The zero-order valence-electron chi connectivity index (χ0n) is 41.7. The normalized spacial score (nSPS) is 13.1. The molecule has 0 aliphatic rings. The van der Waals surface area contributed by atoms with Crippen molar-refractivity contribution in [3.05, 3.63) is 122 Å². The van der Waals surface area contributed by atoms with Crippen LogP contribution in [0.3, 0.4) is 0 Å². The van der Waals surface area contributed by atoms with Gasteiger partial charge < -0.3 is 14.2 Å². The van der Waals surface area contributed by atoms with E-state index >= 15 is 0 Å². The van der Waals surface area contributed by atoms with E-state index < -0.39 is 6.10 Å². The number of rotatable bonds is 45. The van der Waals surface area contributed by atoms with E-state index in [1.807, 2.05) is 97.2 Å². The zero-order valence-corrected chi connectivity index (χ0v) is 41.7. The predicted octanol–water partition coefficient (Wildman–Crippen LogP) is 17.3. The monoisotopic (exact) mass is 899 g/mol. The third kappa shape index (κ3) is 50.7. The van der Waals surface area contributed by atoms with Gasteiger partial charge >= 0.3 is 17.9 Å². The van der Waals surface area contributed by atoms with Gasteiger partial charge in [0, 0.05) is 19.3 Å². The number of allylic oxidation sites excluding steroid dienone is 20. The van der Waals surface area contributed by atoms with Crippen LogP contribution < -0.4 is 0 Å². The lowest BCUT2D eigenvalue weighted by atomic mass is 10.0. The summed E-state index contributed by atoms with van der Waals surface area (Å²) in [7, 11) is 0. The van der Waals surface area contributed by atoms with Gasteiger partial charge in [0.25, 0.3) is 0 Å². The SMILES string of the molecule is CC/C=C/C=C/C=C/C=C/C=C/C=C/CCCCCC(=O)OCC(COC(=O)CCCCC/C=C/C=C/C=C/C=C/CC)OC(=O)CCCCCCCCCCCCCCCCCCC. The van der Waals surface area contributed by atoms with Gasteiger partial charge in [-0.3, -0.25) is 14.4 Å². The van der Waals surface area contributed by atoms with E-state index in [2.05, 4.69) is 45.1 Å². The van der Waals surface area contributed by atoms with Crippen molar-refractivity contribution >= 4 is 17.9 Å². The summed E-state index contributed by atoms with van der Waals surface area (Å²) < 4.78 is 16.7. The number of esters is 3. The van der Waals surface area contributed by atoms with Gasteiger partial charge in [-0.05, 0) is 57.8 Å². The van der Waals surface area contributed by atoms with Crippen molar-refractivity contribution in [1.29, 1.82) is 0 Å². The Balaban J connectivity index is 4.52. The summed E-state index contributed by atoms with van der Waals surface area (Å²) >= 11 is 0. The standard InChI is InChI=1S/C59H94O6/c1-4-7-10-13-16-19-22-25-27-29-31-34-37-40-43-46-49-52-58(61)64-55-56(54-63-57(60)51-48-45-42-39-36-33-24-21-18-15-12-9-6-3)65-59(62)53-50-47-44-41-38-35-32-30-28-26-23-20-17-14-11-8-5-2/h7,9-10,12-13,15-16,18-19,21-22,24-25,27,29,31,33-34,36-37,56H,4-6,8,11,14,17,20,23,26,28,30,32,35,38-55H2,1-3H3/b10-7+,12-9+,16-13+,18-15+,22-19+,24-21+,27-25+,31-29+,36-33+,37-34+. The minimum absolute atomic E-state index is 0.115. The molecular formula is C59H94O6. The highest BCUT2D eigenvalue weighted by Crippen LogP contribution is 2.15. The van der Waals surface area contributed by atoms with Gasteiger partial charge in [0.1, 0.15) is 13.2 Å². The van der Waals surface area contributed by atoms with Gasteiger partial charge in [-0.1, -0.05) is 258 Å². The maximum Gasteiger partial charge on any atom is 0.306 e. The molecule has 0 aromatic rings. The predicted molar refractivity (Wildman–Crippen MR) is 279 cm³/mol. The van der Waals surface area contributed by atoms with Crippen molar-refractivity contribution in [2.24, 2.45) is 0 Å². The number of unbranched alkanes of at least 4 members (excludes halogenated alkanes) is 22. The lowest BCUT2D eigenvalue weighted by Gasteiger charge is -2.18. The number of hydrogen-bond acceptors (Lipinski definition) is 6. The minimum Gasteiger partial charge on any atom is -0.462 e. The van der Waals surface area contributed by atoms with Crippen molar-refractivity contribution < 1.29 is 28.6 Å². The third-order valence-electron chi connectivity index (χ3n) is 10.7. The number of hydrogen-bond donors (Lipinski definition) is 0. The first-order valence-corrected chi connectivity index (χ1v) is 26.2. The second-order valence-corrected chi connectivity index (χ2v) is 16.9. The van der Waals surface area contributed by atoms with Crippen molar-refractivity contribution in [2.45, 2.75) is 219 Å². The van der Waals surface area contributed by atoms with E-state index in [1.54, 1.807) is 0 Å². The molecule has 1 atom stereocenters. The molecule has 0 saturated heterocycles. The molecule has 366 valence electrons. The highest BCUT2D eigenvalue weighted by atomic mass is 16.6. The molecule has 0 amide bonds. The van der Waals surface area contributed by atoms with Crippen molar-refractivity contribution in [2.75, 3.05) is 13.2 Å². The molecule has 0 radical (unpaired) electrons. The first-order chi connectivity index (χ1) is 32.0. The van der Waals surface area contributed by atoms with Crippen LogP contribution >= 0.6 is 0 Å². The van der Waals surface area contributed by atoms with E-state index in [9.17, 15) is 14.4 Å². The van der Waals surface area contributed by atoms with Gasteiger partial charge in [0.2, 0.25) is 0 Å². The fourth-order valence-corrected chi connectivity index (χ4v) is 6.84. The van der Waals surface area contributed by atoms with E-state index in [-0.39, 0.29) is 31.1 Å². The Morgan fingerprint density at radius 3 is 0.938 bits per heavy atom. The third-order valence-corrected chi connectivity index (χ3v) is 10.7. The van der Waals surface area contributed by atoms with Crippen LogP contribution in [0.15, 0.2) is 122 Å². The molecule has 0 spiro atoms. The largest absolute Gasteiger partial charge is 0.462 e. The van der Waals surface area contributed by atoms with E-state index in [0.29, 0.717) is 19.3 Å². The molecule has 0 heterocycles. The fourth-order valence-electron chi connectivity index (χ4n) is 6.84. The Morgan fingerprint density at radius 1 is 0.323 bits per heavy atom. The van der Waals surface area contributed by atoms with Crippen LogP contribution in [-0.2, 0) is 28.6 Å². The van der Waals surface area contributed by atoms with Gasteiger partial charge in [0.05, 0.1) is 0 Å². The van der Waals surface area contributed by atoms with Crippen LogP contribution in [-0.4, -0.2) is 37.2 Å². The summed E-state index contributed by atoms with van der Waals surface area (Å²) in [5.74, 6) is -0.997. The fraction of sp³-hybridized carbons (Fsp3) is 0.610. The molecule has 0 rings (SSSR count). The molecule has 0 fully saturated rings. The molecule has 0 N–H and O–H groups in total. The van der Waals surface area contributed by atoms with Crippen molar-refractivity contribution in [3.8, 4) is 0 Å². The van der Waals surface area contributed by atoms with Crippen LogP contribution in [0.1, 0.15) is 213 Å².